The van der Waals surface area contributed by atoms with Crippen LogP contribution in [-0.2, 0) is 0 Å². The van der Waals surface area contributed by atoms with Gasteiger partial charge >= 0.3 is 0 Å². The molecule has 1 rings (SSSR count). The van der Waals surface area contributed by atoms with Gasteiger partial charge in [-0.1, -0.05) is 27.2 Å². The zero-order chi connectivity index (χ0) is 12.1. The molecule has 0 aromatic heterocycles. The van der Waals surface area contributed by atoms with E-state index in [9.17, 15) is 0 Å². The summed E-state index contributed by atoms with van der Waals surface area (Å²) in [5.74, 6) is 1.71. The maximum atomic E-state index is 3.36. The Morgan fingerprint density at radius 1 is 1.31 bits per heavy atom. The molecule has 1 heterocycles. The van der Waals surface area contributed by atoms with Gasteiger partial charge in [0.05, 0.1) is 0 Å². The fourth-order valence-electron chi connectivity index (χ4n) is 3.19. The van der Waals surface area contributed by atoms with E-state index in [1.807, 2.05) is 0 Å². The van der Waals surface area contributed by atoms with Gasteiger partial charge in [-0.3, -0.25) is 4.90 Å². The number of hydrogen-bond donors (Lipinski definition) is 1. The molecule has 0 aromatic carbocycles. The Hall–Kier alpha value is -0.0800. The molecule has 4 unspecified atom stereocenters. The van der Waals surface area contributed by atoms with E-state index in [4.69, 9.17) is 0 Å². The third-order valence-corrected chi connectivity index (χ3v) is 4.17. The molecule has 0 aromatic rings. The second kappa shape index (κ2) is 6.61. The smallest absolute Gasteiger partial charge is 0.0223 e. The number of nitrogens with zero attached hydrogens (tertiary/aromatic N) is 1. The summed E-state index contributed by atoms with van der Waals surface area (Å²) >= 11 is 0. The molecule has 4 atom stereocenters. The van der Waals surface area contributed by atoms with Gasteiger partial charge < -0.3 is 5.32 Å². The third-order valence-electron chi connectivity index (χ3n) is 4.17. The first kappa shape index (κ1) is 14.0. The van der Waals surface area contributed by atoms with Crippen molar-refractivity contribution < 1.29 is 0 Å². The van der Waals surface area contributed by atoms with Crippen molar-refractivity contribution in [3.63, 3.8) is 0 Å². The molecule has 16 heavy (non-hydrogen) atoms. The van der Waals surface area contributed by atoms with Gasteiger partial charge in [-0.05, 0) is 38.6 Å². The Bertz CT molecular complexity index is 187. The molecule has 2 nitrogen and oxygen atoms in total. The highest BCUT2D eigenvalue weighted by Crippen LogP contribution is 2.29. The number of nitrogens with one attached hydrogen (secondary N) is 1. The molecule has 0 radical (unpaired) electrons. The van der Waals surface area contributed by atoms with Gasteiger partial charge in [-0.25, -0.2) is 0 Å². The van der Waals surface area contributed by atoms with E-state index < -0.39 is 0 Å². The van der Waals surface area contributed by atoms with Crippen LogP contribution in [0.25, 0.3) is 0 Å². The summed E-state index contributed by atoms with van der Waals surface area (Å²) in [5, 5.41) is 3.36. The minimum Gasteiger partial charge on any atom is -0.318 e. The van der Waals surface area contributed by atoms with Crippen molar-refractivity contribution in [3.05, 3.63) is 0 Å². The average molecular weight is 226 g/mol. The van der Waals surface area contributed by atoms with Gasteiger partial charge in [0, 0.05) is 25.2 Å². The van der Waals surface area contributed by atoms with E-state index in [0.29, 0.717) is 0 Å². The van der Waals surface area contributed by atoms with E-state index in [2.05, 4.69) is 45.0 Å². The van der Waals surface area contributed by atoms with Gasteiger partial charge in [0.2, 0.25) is 0 Å². The van der Waals surface area contributed by atoms with Crippen LogP contribution in [0.1, 0.15) is 47.0 Å². The van der Waals surface area contributed by atoms with E-state index in [0.717, 1.165) is 30.5 Å². The molecule has 0 bridgehead atoms. The first-order chi connectivity index (χ1) is 7.60. The second-order valence-corrected chi connectivity index (χ2v) is 5.76. The largest absolute Gasteiger partial charge is 0.318 e. The lowest BCUT2D eigenvalue weighted by molar-refractivity contribution is 0.0371. The fourth-order valence-corrected chi connectivity index (χ4v) is 3.19. The fraction of sp³-hybridized carbons (Fsp3) is 1.00. The normalized spacial score (nSPS) is 33.9. The summed E-state index contributed by atoms with van der Waals surface area (Å²) in [6.45, 7) is 11.9. The van der Waals surface area contributed by atoms with Gasteiger partial charge in [0.25, 0.3) is 0 Å². The predicted molar refractivity (Wildman–Crippen MR) is 71.7 cm³/mol. The maximum absolute atomic E-state index is 3.36. The van der Waals surface area contributed by atoms with Crippen molar-refractivity contribution in [1.29, 1.82) is 0 Å². The van der Waals surface area contributed by atoms with Crippen molar-refractivity contribution in [2.45, 2.75) is 59.0 Å². The number of rotatable bonds is 5. The maximum Gasteiger partial charge on any atom is 0.0223 e. The lowest BCUT2D eigenvalue weighted by atomic mass is 9.84. The van der Waals surface area contributed by atoms with Crippen LogP contribution in [-0.4, -0.2) is 37.1 Å². The van der Waals surface area contributed by atoms with Crippen LogP contribution in [0.15, 0.2) is 0 Å². The van der Waals surface area contributed by atoms with Crippen LogP contribution in [0.4, 0.5) is 0 Å². The second-order valence-electron chi connectivity index (χ2n) is 5.76. The lowest BCUT2D eigenvalue weighted by Gasteiger charge is -2.45. The number of hydrogen-bond acceptors (Lipinski definition) is 2. The quantitative estimate of drug-likeness (QED) is 0.775. The van der Waals surface area contributed by atoms with Gasteiger partial charge in [-0.15, -0.1) is 0 Å². The molecule has 0 spiro atoms. The van der Waals surface area contributed by atoms with Crippen LogP contribution >= 0.6 is 0 Å². The van der Waals surface area contributed by atoms with Gasteiger partial charge in [0.1, 0.15) is 0 Å². The molecule has 1 aliphatic heterocycles. The molecular weight excluding hydrogens is 196 g/mol. The Morgan fingerprint density at radius 3 is 2.56 bits per heavy atom. The summed E-state index contributed by atoms with van der Waals surface area (Å²) in [6, 6.07) is 1.48. The molecule has 0 saturated carbocycles. The Labute approximate surface area is 102 Å². The van der Waals surface area contributed by atoms with Crippen molar-refractivity contribution in [2.75, 3.05) is 20.1 Å². The SMILES string of the molecule is CCCC(CNC)N1CC(C)CC(C)C1C. The Kier molecular flexibility index (Phi) is 5.77. The molecular formula is C14H30N2. The van der Waals surface area contributed by atoms with Crippen molar-refractivity contribution in [3.8, 4) is 0 Å². The first-order valence-electron chi connectivity index (χ1n) is 7.00. The minimum atomic E-state index is 0.732. The third kappa shape index (κ3) is 3.46. The number of likely N-dealkylation sites (N-methyl/N-ethyl adjacent to an activating group) is 1. The van der Waals surface area contributed by atoms with Crippen molar-refractivity contribution >= 4 is 0 Å². The van der Waals surface area contributed by atoms with Crippen LogP contribution in [0.2, 0.25) is 0 Å². The predicted octanol–water partition coefficient (Wildman–Crippen LogP) is 2.74. The lowest BCUT2D eigenvalue weighted by Crippen LogP contribution is -2.53. The van der Waals surface area contributed by atoms with E-state index >= 15 is 0 Å². The molecule has 0 amide bonds. The van der Waals surface area contributed by atoms with Crippen LogP contribution in [0, 0.1) is 11.8 Å². The highest BCUT2D eigenvalue weighted by Gasteiger charge is 2.32. The Morgan fingerprint density at radius 2 is 2.00 bits per heavy atom. The van der Waals surface area contributed by atoms with E-state index in [-0.39, 0.29) is 0 Å². The van der Waals surface area contributed by atoms with Crippen molar-refractivity contribution in [2.24, 2.45) is 11.8 Å². The summed E-state index contributed by atoms with van der Waals surface area (Å²) in [4.78, 5) is 2.75. The molecule has 1 N–H and O–H groups in total. The summed E-state index contributed by atoms with van der Waals surface area (Å²) in [5.41, 5.74) is 0. The zero-order valence-corrected chi connectivity index (χ0v) is 11.8. The molecule has 2 heteroatoms. The van der Waals surface area contributed by atoms with Gasteiger partial charge in [0.15, 0.2) is 0 Å². The monoisotopic (exact) mass is 226 g/mol. The highest BCUT2D eigenvalue weighted by molar-refractivity contribution is 4.87. The highest BCUT2D eigenvalue weighted by atomic mass is 15.2. The molecule has 1 saturated heterocycles. The number of likely N-dealkylation sites (tertiary alicyclic amines) is 1. The summed E-state index contributed by atoms with van der Waals surface area (Å²) in [7, 11) is 2.07. The first-order valence-corrected chi connectivity index (χ1v) is 7.00. The van der Waals surface area contributed by atoms with Crippen molar-refractivity contribution in [1.82, 2.24) is 10.2 Å². The average Bonchev–Trinajstić information content (AvgIpc) is 2.23. The van der Waals surface area contributed by atoms with Crippen LogP contribution in [0.3, 0.4) is 0 Å². The van der Waals surface area contributed by atoms with E-state index in [1.54, 1.807) is 0 Å². The zero-order valence-electron chi connectivity index (χ0n) is 11.8. The summed E-state index contributed by atoms with van der Waals surface area (Å²) in [6.07, 6.45) is 4.01. The molecule has 0 aliphatic carbocycles. The van der Waals surface area contributed by atoms with Crippen LogP contribution in [0.5, 0.6) is 0 Å². The van der Waals surface area contributed by atoms with Crippen LogP contribution < -0.4 is 5.32 Å². The van der Waals surface area contributed by atoms with E-state index in [1.165, 1.54) is 25.8 Å². The molecule has 96 valence electrons. The Balaban J connectivity index is 2.64. The van der Waals surface area contributed by atoms with Gasteiger partial charge in [-0.2, -0.15) is 0 Å². The molecule has 1 aliphatic rings. The minimum absolute atomic E-state index is 0.732. The number of piperidine rings is 1. The topological polar surface area (TPSA) is 15.3 Å². The standard InChI is InChI=1S/C14H30N2/c1-6-7-14(9-15-5)16-10-11(2)8-12(3)13(16)4/h11-15H,6-10H2,1-5H3. The summed E-state index contributed by atoms with van der Waals surface area (Å²) < 4.78 is 0. The molecule has 1 fully saturated rings.